The minimum atomic E-state index is 0.103. The average molecular weight is 325 g/mol. The monoisotopic (exact) mass is 325 g/mol. The standard InChI is InChI=1S/C19H23N3O2/c23-18(8-6-15-10-11-20-12-15)21-13-16-7-9-19(22-14-16)24-17-4-2-1-3-5-17/h1-5,7,9,14-15,20H,6,8,10-13H2,(H,21,23). The Morgan fingerprint density at radius 1 is 1.25 bits per heavy atom. The smallest absolute Gasteiger partial charge is 0.220 e. The molecule has 5 nitrogen and oxygen atoms in total. The fourth-order valence-corrected chi connectivity index (χ4v) is 2.77. The summed E-state index contributed by atoms with van der Waals surface area (Å²) in [6.07, 6.45) is 4.47. The number of carbonyl (C=O) groups is 1. The Morgan fingerprint density at radius 2 is 2.12 bits per heavy atom. The summed E-state index contributed by atoms with van der Waals surface area (Å²) in [6.45, 7) is 2.62. The zero-order valence-electron chi connectivity index (χ0n) is 13.7. The van der Waals surface area contributed by atoms with Gasteiger partial charge >= 0.3 is 0 Å². The van der Waals surface area contributed by atoms with Gasteiger partial charge in [0, 0.05) is 25.2 Å². The third-order valence-electron chi connectivity index (χ3n) is 4.19. The minimum Gasteiger partial charge on any atom is -0.439 e. The van der Waals surface area contributed by atoms with E-state index in [1.807, 2.05) is 42.5 Å². The molecule has 0 aliphatic carbocycles. The van der Waals surface area contributed by atoms with Crippen molar-refractivity contribution >= 4 is 5.91 Å². The largest absolute Gasteiger partial charge is 0.439 e. The van der Waals surface area contributed by atoms with E-state index in [9.17, 15) is 4.79 Å². The molecule has 1 fully saturated rings. The predicted molar refractivity (Wildman–Crippen MR) is 92.8 cm³/mol. The fraction of sp³-hybridized carbons (Fsp3) is 0.368. The van der Waals surface area contributed by atoms with Gasteiger partial charge in [0.2, 0.25) is 11.8 Å². The van der Waals surface area contributed by atoms with Crippen molar-refractivity contribution < 1.29 is 9.53 Å². The molecular formula is C19H23N3O2. The van der Waals surface area contributed by atoms with Crippen molar-refractivity contribution in [2.75, 3.05) is 13.1 Å². The van der Waals surface area contributed by atoms with Crippen LogP contribution in [0.5, 0.6) is 11.6 Å². The van der Waals surface area contributed by atoms with Gasteiger partial charge in [0.1, 0.15) is 5.75 Å². The molecule has 1 aromatic heterocycles. The van der Waals surface area contributed by atoms with Gasteiger partial charge in [0.25, 0.3) is 0 Å². The lowest BCUT2D eigenvalue weighted by Crippen LogP contribution is -2.23. The SMILES string of the molecule is O=C(CCC1CCNC1)NCc1ccc(Oc2ccccc2)nc1. The van der Waals surface area contributed by atoms with Gasteiger partial charge in [0.15, 0.2) is 0 Å². The number of ether oxygens (including phenoxy) is 1. The van der Waals surface area contributed by atoms with Crippen molar-refractivity contribution in [3.63, 3.8) is 0 Å². The number of aromatic nitrogens is 1. The lowest BCUT2D eigenvalue weighted by Gasteiger charge is -2.09. The number of nitrogens with one attached hydrogen (secondary N) is 2. The highest BCUT2D eigenvalue weighted by Gasteiger charge is 2.15. The molecule has 126 valence electrons. The van der Waals surface area contributed by atoms with E-state index < -0.39 is 0 Å². The molecule has 24 heavy (non-hydrogen) atoms. The van der Waals surface area contributed by atoms with Gasteiger partial charge in [-0.2, -0.15) is 0 Å². The number of nitrogens with zero attached hydrogens (tertiary/aromatic N) is 1. The molecule has 1 aromatic carbocycles. The van der Waals surface area contributed by atoms with Crippen LogP contribution >= 0.6 is 0 Å². The van der Waals surface area contributed by atoms with E-state index >= 15 is 0 Å². The van der Waals surface area contributed by atoms with Gasteiger partial charge in [-0.3, -0.25) is 4.79 Å². The van der Waals surface area contributed by atoms with E-state index in [0.29, 0.717) is 24.8 Å². The molecule has 1 aliphatic rings. The van der Waals surface area contributed by atoms with Crippen LogP contribution in [0.1, 0.15) is 24.8 Å². The number of amides is 1. The predicted octanol–water partition coefficient (Wildman–Crippen LogP) is 2.88. The minimum absolute atomic E-state index is 0.103. The Morgan fingerprint density at radius 3 is 2.83 bits per heavy atom. The van der Waals surface area contributed by atoms with E-state index in [0.717, 1.165) is 30.8 Å². The van der Waals surface area contributed by atoms with Crippen molar-refractivity contribution in [3.8, 4) is 11.6 Å². The second kappa shape index (κ2) is 8.45. The Kier molecular flexibility index (Phi) is 5.80. The Bertz CT molecular complexity index is 637. The molecule has 2 heterocycles. The second-order valence-electron chi connectivity index (χ2n) is 6.09. The number of hydrogen-bond donors (Lipinski definition) is 2. The topological polar surface area (TPSA) is 63.2 Å². The van der Waals surface area contributed by atoms with Gasteiger partial charge in [-0.05, 0) is 49.5 Å². The molecule has 3 rings (SSSR count). The van der Waals surface area contributed by atoms with Crippen LogP contribution in [0.2, 0.25) is 0 Å². The molecule has 1 unspecified atom stereocenters. The summed E-state index contributed by atoms with van der Waals surface area (Å²) in [6, 6.07) is 13.3. The lowest BCUT2D eigenvalue weighted by atomic mass is 10.0. The van der Waals surface area contributed by atoms with Crippen molar-refractivity contribution in [1.29, 1.82) is 0 Å². The third kappa shape index (κ3) is 5.06. The van der Waals surface area contributed by atoms with Gasteiger partial charge in [-0.1, -0.05) is 24.3 Å². The van der Waals surface area contributed by atoms with Crippen LogP contribution in [0.3, 0.4) is 0 Å². The zero-order chi connectivity index (χ0) is 16.6. The third-order valence-corrected chi connectivity index (χ3v) is 4.19. The van der Waals surface area contributed by atoms with Gasteiger partial charge in [-0.25, -0.2) is 4.98 Å². The maximum atomic E-state index is 11.9. The van der Waals surface area contributed by atoms with E-state index in [-0.39, 0.29) is 5.91 Å². The highest BCUT2D eigenvalue weighted by molar-refractivity contribution is 5.75. The first kappa shape index (κ1) is 16.5. The maximum Gasteiger partial charge on any atom is 0.220 e. The molecule has 1 atom stereocenters. The van der Waals surface area contributed by atoms with Crippen molar-refractivity contribution in [2.24, 2.45) is 5.92 Å². The summed E-state index contributed by atoms with van der Waals surface area (Å²) in [5.41, 5.74) is 0.964. The molecule has 1 aliphatic heterocycles. The van der Waals surface area contributed by atoms with E-state index in [2.05, 4.69) is 15.6 Å². The molecule has 2 aromatic rings. The molecule has 0 radical (unpaired) electrons. The number of para-hydroxylation sites is 1. The fourth-order valence-electron chi connectivity index (χ4n) is 2.77. The molecule has 2 N–H and O–H groups in total. The Balaban J connectivity index is 1.41. The summed E-state index contributed by atoms with van der Waals surface area (Å²) in [5, 5.41) is 6.28. The summed E-state index contributed by atoms with van der Waals surface area (Å²) < 4.78 is 5.65. The highest BCUT2D eigenvalue weighted by atomic mass is 16.5. The van der Waals surface area contributed by atoms with Crippen LogP contribution in [-0.4, -0.2) is 24.0 Å². The second-order valence-corrected chi connectivity index (χ2v) is 6.09. The van der Waals surface area contributed by atoms with E-state index in [4.69, 9.17) is 4.74 Å². The Labute approximate surface area is 142 Å². The summed E-state index contributed by atoms with van der Waals surface area (Å²) >= 11 is 0. The van der Waals surface area contributed by atoms with Crippen LogP contribution in [0.25, 0.3) is 0 Å². The van der Waals surface area contributed by atoms with Crippen LogP contribution in [0.4, 0.5) is 0 Å². The van der Waals surface area contributed by atoms with Gasteiger partial charge in [0.05, 0.1) is 0 Å². The van der Waals surface area contributed by atoms with E-state index in [1.54, 1.807) is 6.20 Å². The van der Waals surface area contributed by atoms with E-state index in [1.165, 1.54) is 6.42 Å². The summed E-state index contributed by atoms with van der Waals surface area (Å²) in [4.78, 5) is 16.2. The number of benzene rings is 1. The van der Waals surface area contributed by atoms with Crippen molar-refractivity contribution in [1.82, 2.24) is 15.6 Å². The number of hydrogen-bond acceptors (Lipinski definition) is 4. The molecular weight excluding hydrogens is 302 g/mol. The normalized spacial score (nSPS) is 16.8. The van der Waals surface area contributed by atoms with Crippen molar-refractivity contribution in [2.45, 2.75) is 25.8 Å². The lowest BCUT2D eigenvalue weighted by molar-refractivity contribution is -0.121. The molecule has 1 amide bonds. The molecule has 0 bridgehead atoms. The van der Waals surface area contributed by atoms with Crippen molar-refractivity contribution in [3.05, 3.63) is 54.2 Å². The number of pyridine rings is 1. The van der Waals surface area contributed by atoms with Crippen LogP contribution < -0.4 is 15.4 Å². The quantitative estimate of drug-likeness (QED) is 0.822. The first-order valence-electron chi connectivity index (χ1n) is 8.45. The maximum absolute atomic E-state index is 11.9. The molecule has 5 heteroatoms. The zero-order valence-corrected chi connectivity index (χ0v) is 13.7. The van der Waals surface area contributed by atoms with Crippen LogP contribution in [-0.2, 0) is 11.3 Å². The number of rotatable bonds is 7. The van der Waals surface area contributed by atoms with Gasteiger partial charge in [-0.15, -0.1) is 0 Å². The van der Waals surface area contributed by atoms with Crippen LogP contribution in [0.15, 0.2) is 48.7 Å². The number of carbonyl (C=O) groups excluding carboxylic acids is 1. The molecule has 0 spiro atoms. The highest BCUT2D eigenvalue weighted by Crippen LogP contribution is 2.18. The molecule has 0 saturated carbocycles. The molecule has 1 saturated heterocycles. The summed E-state index contributed by atoms with van der Waals surface area (Å²) in [7, 11) is 0. The average Bonchev–Trinajstić information content (AvgIpc) is 3.14. The first-order valence-corrected chi connectivity index (χ1v) is 8.45. The Hall–Kier alpha value is -2.40. The van der Waals surface area contributed by atoms with Gasteiger partial charge < -0.3 is 15.4 Å². The first-order chi connectivity index (χ1) is 11.8. The summed E-state index contributed by atoms with van der Waals surface area (Å²) in [5.74, 6) is 2.05. The van der Waals surface area contributed by atoms with Crippen LogP contribution in [0, 0.1) is 5.92 Å².